The standard InChI is InChI=1S/C20H24N2O4/c1-24-14-7-8-17(25-2)16(11-14)13-9-10-22(12-13)20(23)19-15-5-3-4-6-18(15)26-21-19/h7-8,11,13H,3-6,9-10,12H2,1-2H3. The topological polar surface area (TPSA) is 64.8 Å². The molecule has 6 heteroatoms. The van der Waals surface area contributed by atoms with Gasteiger partial charge in [-0.25, -0.2) is 0 Å². The van der Waals surface area contributed by atoms with E-state index in [0.717, 1.165) is 60.5 Å². The van der Waals surface area contributed by atoms with Crippen molar-refractivity contribution >= 4 is 5.91 Å². The Hall–Kier alpha value is -2.50. The van der Waals surface area contributed by atoms with Crippen molar-refractivity contribution in [3.8, 4) is 11.5 Å². The number of benzene rings is 1. The van der Waals surface area contributed by atoms with Crippen molar-refractivity contribution in [3.05, 3.63) is 40.8 Å². The lowest BCUT2D eigenvalue weighted by molar-refractivity contribution is 0.0779. The van der Waals surface area contributed by atoms with Gasteiger partial charge in [0.15, 0.2) is 5.69 Å². The van der Waals surface area contributed by atoms with Crippen LogP contribution in [0.5, 0.6) is 11.5 Å². The number of carbonyl (C=O) groups is 1. The summed E-state index contributed by atoms with van der Waals surface area (Å²) in [5.41, 5.74) is 2.62. The van der Waals surface area contributed by atoms with Gasteiger partial charge in [-0.1, -0.05) is 5.16 Å². The molecule has 2 aliphatic rings. The Morgan fingerprint density at radius 2 is 2.08 bits per heavy atom. The molecule has 4 rings (SSSR count). The van der Waals surface area contributed by atoms with Gasteiger partial charge in [0, 0.05) is 36.6 Å². The molecule has 138 valence electrons. The highest BCUT2D eigenvalue weighted by atomic mass is 16.5. The van der Waals surface area contributed by atoms with Crippen LogP contribution in [-0.4, -0.2) is 43.3 Å². The lowest BCUT2D eigenvalue weighted by atomic mass is 9.96. The summed E-state index contributed by atoms with van der Waals surface area (Å²) in [4.78, 5) is 14.9. The molecule has 1 aliphatic carbocycles. The van der Waals surface area contributed by atoms with E-state index in [1.54, 1.807) is 14.2 Å². The van der Waals surface area contributed by atoms with Gasteiger partial charge in [-0.3, -0.25) is 4.79 Å². The molecule has 1 aromatic heterocycles. The van der Waals surface area contributed by atoms with Crippen LogP contribution in [0.15, 0.2) is 22.7 Å². The van der Waals surface area contributed by atoms with E-state index >= 15 is 0 Å². The molecule has 1 saturated heterocycles. The summed E-state index contributed by atoms with van der Waals surface area (Å²) >= 11 is 0. The fourth-order valence-corrected chi connectivity index (χ4v) is 4.06. The second-order valence-corrected chi connectivity index (χ2v) is 6.98. The summed E-state index contributed by atoms with van der Waals surface area (Å²) < 4.78 is 16.3. The zero-order valence-electron chi connectivity index (χ0n) is 15.3. The van der Waals surface area contributed by atoms with Crippen molar-refractivity contribution in [1.82, 2.24) is 10.1 Å². The molecule has 2 aromatic rings. The Morgan fingerprint density at radius 1 is 1.23 bits per heavy atom. The number of nitrogens with zero attached hydrogens (tertiary/aromatic N) is 2. The molecule has 0 saturated carbocycles. The first kappa shape index (κ1) is 16.9. The van der Waals surface area contributed by atoms with Crippen LogP contribution >= 0.6 is 0 Å². The van der Waals surface area contributed by atoms with E-state index in [9.17, 15) is 4.79 Å². The summed E-state index contributed by atoms with van der Waals surface area (Å²) in [5, 5.41) is 4.09. The largest absolute Gasteiger partial charge is 0.497 e. The minimum absolute atomic E-state index is 0.0127. The number of likely N-dealkylation sites (tertiary alicyclic amines) is 1. The van der Waals surface area contributed by atoms with E-state index in [4.69, 9.17) is 14.0 Å². The van der Waals surface area contributed by atoms with Gasteiger partial charge >= 0.3 is 0 Å². The number of methoxy groups -OCH3 is 2. The van der Waals surface area contributed by atoms with Crippen LogP contribution in [0.2, 0.25) is 0 Å². The van der Waals surface area contributed by atoms with Gasteiger partial charge < -0.3 is 18.9 Å². The molecule has 1 aliphatic heterocycles. The number of aryl methyl sites for hydroxylation is 1. The quantitative estimate of drug-likeness (QED) is 0.842. The van der Waals surface area contributed by atoms with Crippen molar-refractivity contribution in [3.63, 3.8) is 0 Å². The van der Waals surface area contributed by atoms with Crippen LogP contribution in [0, 0.1) is 0 Å². The van der Waals surface area contributed by atoms with E-state index in [1.165, 1.54) is 0 Å². The van der Waals surface area contributed by atoms with Crippen molar-refractivity contribution in [2.75, 3.05) is 27.3 Å². The number of amides is 1. The Balaban J connectivity index is 1.54. The zero-order chi connectivity index (χ0) is 18.1. The number of ether oxygens (including phenoxy) is 2. The van der Waals surface area contributed by atoms with Crippen molar-refractivity contribution < 1.29 is 18.8 Å². The van der Waals surface area contributed by atoms with Crippen LogP contribution in [0.4, 0.5) is 0 Å². The molecule has 6 nitrogen and oxygen atoms in total. The normalized spacial score (nSPS) is 19.3. The predicted octanol–water partition coefficient (Wildman–Crippen LogP) is 3.20. The molecule has 26 heavy (non-hydrogen) atoms. The van der Waals surface area contributed by atoms with Crippen molar-refractivity contribution in [2.24, 2.45) is 0 Å². The number of fused-ring (bicyclic) bond motifs is 1. The van der Waals surface area contributed by atoms with Crippen LogP contribution in [0.25, 0.3) is 0 Å². The lowest BCUT2D eigenvalue weighted by Crippen LogP contribution is -2.29. The monoisotopic (exact) mass is 356 g/mol. The second kappa shape index (κ2) is 7.02. The van der Waals surface area contributed by atoms with E-state index in [1.807, 2.05) is 23.1 Å². The summed E-state index contributed by atoms with van der Waals surface area (Å²) in [6.45, 7) is 1.37. The molecule has 0 bridgehead atoms. The number of hydrogen-bond donors (Lipinski definition) is 0. The van der Waals surface area contributed by atoms with Gasteiger partial charge in [0.05, 0.1) is 14.2 Å². The smallest absolute Gasteiger partial charge is 0.276 e. The summed E-state index contributed by atoms with van der Waals surface area (Å²) in [7, 11) is 3.33. The third-order valence-electron chi connectivity index (χ3n) is 5.50. The molecular formula is C20H24N2O4. The highest BCUT2D eigenvalue weighted by molar-refractivity contribution is 5.94. The van der Waals surface area contributed by atoms with Crippen molar-refractivity contribution in [2.45, 2.75) is 38.0 Å². The van der Waals surface area contributed by atoms with Gasteiger partial charge in [0.2, 0.25) is 0 Å². The predicted molar refractivity (Wildman–Crippen MR) is 96.0 cm³/mol. The molecule has 1 aromatic carbocycles. The first-order chi connectivity index (χ1) is 12.7. The highest BCUT2D eigenvalue weighted by Crippen LogP contribution is 2.36. The van der Waals surface area contributed by atoms with Crippen LogP contribution in [0.3, 0.4) is 0 Å². The molecule has 0 radical (unpaired) electrons. The molecule has 1 atom stereocenters. The van der Waals surface area contributed by atoms with Crippen molar-refractivity contribution in [1.29, 1.82) is 0 Å². The van der Waals surface area contributed by atoms with Crippen LogP contribution in [-0.2, 0) is 12.8 Å². The first-order valence-electron chi connectivity index (χ1n) is 9.20. The van der Waals surface area contributed by atoms with E-state index in [0.29, 0.717) is 18.8 Å². The number of aromatic nitrogens is 1. The molecule has 0 N–H and O–H groups in total. The first-order valence-corrected chi connectivity index (χ1v) is 9.20. The molecule has 2 heterocycles. The van der Waals surface area contributed by atoms with Gasteiger partial charge in [-0.05, 0) is 43.9 Å². The minimum Gasteiger partial charge on any atom is -0.497 e. The molecule has 1 fully saturated rings. The SMILES string of the molecule is COc1ccc(OC)c(C2CCN(C(=O)c3noc4c3CCCC4)C2)c1. The fourth-order valence-electron chi connectivity index (χ4n) is 4.06. The van der Waals surface area contributed by atoms with Gasteiger partial charge in [-0.2, -0.15) is 0 Å². The highest BCUT2D eigenvalue weighted by Gasteiger charge is 2.33. The average molecular weight is 356 g/mol. The summed E-state index contributed by atoms with van der Waals surface area (Å²) in [6, 6.07) is 5.82. The molecule has 1 amide bonds. The molecule has 1 unspecified atom stereocenters. The van der Waals surface area contributed by atoms with E-state index in [-0.39, 0.29) is 11.8 Å². The summed E-state index contributed by atoms with van der Waals surface area (Å²) in [5.74, 6) is 2.75. The number of hydrogen-bond acceptors (Lipinski definition) is 5. The maximum Gasteiger partial charge on any atom is 0.276 e. The molecular weight excluding hydrogens is 332 g/mol. The maximum absolute atomic E-state index is 13.0. The Labute approximate surface area is 153 Å². The van der Waals surface area contributed by atoms with Crippen LogP contribution < -0.4 is 9.47 Å². The van der Waals surface area contributed by atoms with Gasteiger partial charge in [0.25, 0.3) is 5.91 Å². The second-order valence-electron chi connectivity index (χ2n) is 6.98. The van der Waals surface area contributed by atoms with Crippen LogP contribution in [0.1, 0.15) is 52.6 Å². The fraction of sp³-hybridized carbons (Fsp3) is 0.500. The lowest BCUT2D eigenvalue weighted by Gasteiger charge is -2.18. The summed E-state index contributed by atoms with van der Waals surface area (Å²) in [6.07, 6.45) is 4.88. The van der Waals surface area contributed by atoms with E-state index < -0.39 is 0 Å². The third-order valence-corrected chi connectivity index (χ3v) is 5.50. The Kier molecular flexibility index (Phi) is 4.57. The molecule has 0 spiro atoms. The Morgan fingerprint density at radius 3 is 2.88 bits per heavy atom. The number of rotatable bonds is 4. The average Bonchev–Trinajstić information content (AvgIpc) is 3.34. The van der Waals surface area contributed by atoms with Gasteiger partial charge in [-0.15, -0.1) is 0 Å². The maximum atomic E-state index is 13.0. The minimum atomic E-state index is -0.0127. The van der Waals surface area contributed by atoms with E-state index in [2.05, 4.69) is 5.16 Å². The third kappa shape index (κ3) is 2.93. The Bertz CT molecular complexity index is 814. The zero-order valence-corrected chi connectivity index (χ0v) is 15.3. The van der Waals surface area contributed by atoms with Gasteiger partial charge in [0.1, 0.15) is 17.3 Å². The number of carbonyl (C=O) groups excluding carboxylic acids is 1.